The smallest absolute Gasteiger partial charge is 0.259 e. The maximum absolute atomic E-state index is 12.1. The zero-order valence-corrected chi connectivity index (χ0v) is 16.7. The van der Waals surface area contributed by atoms with Crippen molar-refractivity contribution in [2.75, 3.05) is 26.0 Å². The van der Waals surface area contributed by atoms with Gasteiger partial charge in [-0.15, -0.1) is 11.3 Å². The van der Waals surface area contributed by atoms with Crippen molar-refractivity contribution in [3.63, 3.8) is 0 Å². The zero-order valence-electron chi connectivity index (χ0n) is 14.3. The highest BCUT2D eigenvalue weighted by Gasteiger charge is 2.07. The van der Waals surface area contributed by atoms with Gasteiger partial charge in [-0.05, 0) is 53.0 Å². The molecule has 0 saturated heterocycles. The van der Waals surface area contributed by atoms with Crippen molar-refractivity contribution in [1.82, 2.24) is 4.90 Å². The summed E-state index contributed by atoms with van der Waals surface area (Å²) in [6.07, 6.45) is 2.14. The molecule has 1 heterocycles. The molecule has 7 heteroatoms. The van der Waals surface area contributed by atoms with Gasteiger partial charge in [-0.1, -0.05) is 6.07 Å². The average molecular weight is 425 g/mol. The Kier molecular flexibility index (Phi) is 7.46. The molecule has 0 unspecified atom stereocenters. The number of carbonyl (C=O) groups is 2. The number of anilines is 1. The summed E-state index contributed by atoms with van der Waals surface area (Å²) in [6, 6.07) is 11.2. The highest BCUT2D eigenvalue weighted by Crippen LogP contribution is 2.23. The molecule has 2 amide bonds. The predicted octanol–water partition coefficient (Wildman–Crippen LogP) is 3.94. The summed E-state index contributed by atoms with van der Waals surface area (Å²) in [5.74, 6) is 0.406. The van der Waals surface area contributed by atoms with Gasteiger partial charge in [-0.3, -0.25) is 9.59 Å². The van der Waals surface area contributed by atoms with Crippen molar-refractivity contribution in [3.05, 3.63) is 45.1 Å². The van der Waals surface area contributed by atoms with Gasteiger partial charge in [0.1, 0.15) is 5.75 Å². The number of hydrogen-bond donors (Lipinski definition) is 1. The first kappa shape index (κ1) is 19.5. The van der Waals surface area contributed by atoms with Gasteiger partial charge >= 0.3 is 0 Å². The van der Waals surface area contributed by atoms with E-state index in [0.29, 0.717) is 17.9 Å². The Morgan fingerprint density at radius 2 is 2.04 bits per heavy atom. The van der Waals surface area contributed by atoms with Crippen molar-refractivity contribution in [3.8, 4) is 5.75 Å². The fraction of sp³-hybridized carbons (Fsp3) is 0.333. The topological polar surface area (TPSA) is 58.6 Å². The summed E-state index contributed by atoms with van der Waals surface area (Å²) in [5, 5.41) is 2.86. The highest BCUT2D eigenvalue weighted by molar-refractivity contribution is 9.11. The van der Waals surface area contributed by atoms with Crippen LogP contribution in [0.4, 0.5) is 5.69 Å². The lowest BCUT2D eigenvalue weighted by molar-refractivity contribution is -0.130. The Morgan fingerprint density at radius 3 is 2.72 bits per heavy atom. The van der Waals surface area contributed by atoms with Gasteiger partial charge in [-0.25, -0.2) is 0 Å². The zero-order chi connectivity index (χ0) is 18.2. The van der Waals surface area contributed by atoms with E-state index in [1.807, 2.05) is 6.07 Å². The van der Waals surface area contributed by atoms with Crippen LogP contribution in [0.2, 0.25) is 0 Å². The van der Waals surface area contributed by atoms with Crippen LogP contribution >= 0.6 is 27.3 Å². The lowest BCUT2D eigenvalue weighted by Gasteiger charge is -2.12. The van der Waals surface area contributed by atoms with Crippen molar-refractivity contribution in [1.29, 1.82) is 0 Å². The summed E-state index contributed by atoms with van der Waals surface area (Å²) >= 11 is 5.13. The number of halogens is 1. The summed E-state index contributed by atoms with van der Waals surface area (Å²) in [4.78, 5) is 26.3. The van der Waals surface area contributed by atoms with E-state index in [4.69, 9.17) is 4.74 Å². The fourth-order valence-corrected chi connectivity index (χ4v) is 3.60. The molecule has 0 aliphatic heterocycles. The van der Waals surface area contributed by atoms with Crippen LogP contribution in [0.1, 0.15) is 17.7 Å². The number of ether oxygens (including phenoxy) is 1. The standard InChI is InChI=1S/C18H21BrN2O3S/c1-21(2)18(23)12-24-14-6-3-5-13(11-14)20-17(22)8-4-7-15-9-10-16(19)25-15/h3,5-6,9-11H,4,7-8,12H2,1-2H3,(H,20,22). The summed E-state index contributed by atoms with van der Waals surface area (Å²) in [6.45, 7) is -0.0270. The van der Waals surface area contributed by atoms with E-state index >= 15 is 0 Å². The third-order valence-electron chi connectivity index (χ3n) is 3.43. The van der Waals surface area contributed by atoms with Crippen molar-refractivity contribution in [2.45, 2.75) is 19.3 Å². The van der Waals surface area contributed by atoms with Gasteiger partial charge in [0.15, 0.2) is 6.61 Å². The number of likely N-dealkylation sites (N-methyl/N-ethyl adjacent to an activating group) is 1. The summed E-state index contributed by atoms with van der Waals surface area (Å²) < 4.78 is 6.55. The average Bonchev–Trinajstić information content (AvgIpc) is 2.98. The van der Waals surface area contributed by atoms with Crippen LogP contribution in [0.3, 0.4) is 0 Å². The van der Waals surface area contributed by atoms with E-state index in [0.717, 1.165) is 16.6 Å². The molecule has 0 saturated carbocycles. The van der Waals surface area contributed by atoms with Gasteiger partial charge in [0, 0.05) is 37.1 Å². The van der Waals surface area contributed by atoms with Crippen LogP contribution in [0.15, 0.2) is 40.2 Å². The number of rotatable bonds is 8. The summed E-state index contributed by atoms with van der Waals surface area (Å²) in [7, 11) is 3.36. The largest absolute Gasteiger partial charge is 0.484 e. The number of carbonyl (C=O) groups excluding carboxylic acids is 2. The molecule has 1 aromatic heterocycles. The number of benzene rings is 1. The SMILES string of the molecule is CN(C)C(=O)COc1cccc(NC(=O)CCCc2ccc(Br)s2)c1. The van der Waals surface area contributed by atoms with E-state index in [1.54, 1.807) is 49.7 Å². The fourth-order valence-electron chi connectivity index (χ4n) is 2.07. The second-order valence-electron chi connectivity index (χ2n) is 5.71. The monoisotopic (exact) mass is 424 g/mol. The first-order valence-corrected chi connectivity index (χ1v) is 9.52. The van der Waals surface area contributed by atoms with Crippen LogP contribution in [0.25, 0.3) is 0 Å². The number of amides is 2. The molecular weight excluding hydrogens is 404 g/mol. The van der Waals surface area contributed by atoms with E-state index < -0.39 is 0 Å². The van der Waals surface area contributed by atoms with Gasteiger partial charge in [0.25, 0.3) is 5.91 Å². The molecule has 0 fully saturated rings. The Morgan fingerprint density at radius 1 is 1.24 bits per heavy atom. The van der Waals surface area contributed by atoms with E-state index in [2.05, 4.69) is 27.3 Å². The molecule has 0 bridgehead atoms. The van der Waals surface area contributed by atoms with Crippen molar-refractivity contribution < 1.29 is 14.3 Å². The predicted molar refractivity (Wildman–Crippen MR) is 104 cm³/mol. The second kappa shape index (κ2) is 9.58. The molecule has 1 N–H and O–H groups in total. The molecular formula is C18H21BrN2O3S. The number of nitrogens with one attached hydrogen (secondary N) is 1. The van der Waals surface area contributed by atoms with E-state index in [9.17, 15) is 9.59 Å². The molecule has 5 nitrogen and oxygen atoms in total. The number of nitrogens with zero attached hydrogens (tertiary/aromatic N) is 1. The van der Waals surface area contributed by atoms with Crippen molar-refractivity contribution >= 4 is 44.8 Å². The third-order valence-corrected chi connectivity index (χ3v) is 5.12. The number of aryl methyl sites for hydroxylation is 1. The van der Waals surface area contributed by atoms with Crippen molar-refractivity contribution in [2.24, 2.45) is 0 Å². The van der Waals surface area contributed by atoms with Crippen LogP contribution in [-0.2, 0) is 16.0 Å². The molecule has 0 radical (unpaired) electrons. The molecule has 0 aliphatic rings. The van der Waals surface area contributed by atoms with Gasteiger partial charge in [0.2, 0.25) is 5.91 Å². The normalized spacial score (nSPS) is 10.4. The minimum atomic E-state index is -0.116. The first-order chi connectivity index (χ1) is 11.9. The molecule has 134 valence electrons. The molecule has 2 rings (SSSR count). The van der Waals surface area contributed by atoms with Crippen LogP contribution in [-0.4, -0.2) is 37.4 Å². The van der Waals surface area contributed by atoms with Gasteiger partial charge in [0.05, 0.1) is 3.79 Å². The minimum absolute atomic E-state index is 0.0270. The molecule has 1 aromatic carbocycles. The van der Waals surface area contributed by atoms with Crippen LogP contribution in [0.5, 0.6) is 5.75 Å². The maximum atomic E-state index is 12.1. The van der Waals surface area contributed by atoms with Crippen LogP contribution in [0, 0.1) is 0 Å². The Labute approximate surface area is 160 Å². The second-order valence-corrected chi connectivity index (χ2v) is 8.26. The maximum Gasteiger partial charge on any atom is 0.259 e. The molecule has 0 atom stereocenters. The molecule has 0 aliphatic carbocycles. The Balaban J connectivity index is 1.78. The van der Waals surface area contributed by atoms with E-state index in [-0.39, 0.29) is 18.4 Å². The quantitative estimate of drug-likeness (QED) is 0.697. The molecule has 2 aromatic rings. The Bertz CT molecular complexity index is 731. The van der Waals surface area contributed by atoms with E-state index in [1.165, 1.54) is 9.78 Å². The Hall–Kier alpha value is -1.86. The number of thiophene rings is 1. The summed E-state index contributed by atoms with van der Waals surface area (Å²) in [5.41, 5.74) is 0.665. The highest BCUT2D eigenvalue weighted by atomic mass is 79.9. The third kappa shape index (κ3) is 6.88. The lowest BCUT2D eigenvalue weighted by Crippen LogP contribution is -2.27. The molecule has 25 heavy (non-hydrogen) atoms. The van der Waals surface area contributed by atoms with Gasteiger partial charge in [-0.2, -0.15) is 0 Å². The molecule has 0 spiro atoms. The first-order valence-electron chi connectivity index (χ1n) is 7.91. The lowest BCUT2D eigenvalue weighted by atomic mass is 10.2. The minimum Gasteiger partial charge on any atom is -0.484 e. The van der Waals surface area contributed by atoms with Gasteiger partial charge < -0.3 is 15.0 Å². The number of hydrogen-bond acceptors (Lipinski definition) is 4. The van der Waals surface area contributed by atoms with Crippen LogP contribution < -0.4 is 10.1 Å².